The lowest BCUT2D eigenvalue weighted by atomic mass is 10.1. The van der Waals surface area contributed by atoms with Gasteiger partial charge in [0.2, 0.25) is 0 Å². The fourth-order valence-corrected chi connectivity index (χ4v) is 1.44. The first-order chi connectivity index (χ1) is 8.08. The molecule has 0 saturated heterocycles. The number of carbonyl (C=O) groups is 1. The molecular weight excluding hydrogens is 263 g/mol. The van der Waals surface area contributed by atoms with Gasteiger partial charge < -0.3 is 0 Å². The molecule has 0 radical (unpaired) electrons. The molecule has 0 aromatic heterocycles. The number of benzene rings is 1. The van der Waals surface area contributed by atoms with E-state index in [9.17, 15) is 18.0 Å². The molecule has 90 valence electrons. The Morgan fingerprint density at radius 2 is 1.94 bits per heavy atom. The van der Waals surface area contributed by atoms with Crippen LogP contribution in [0.3, 0.4) is 0 Å². The SMILES string of the molecule is N#Cc1c(F)c(F)c(SOOO)c(F)c1C=O. The molecule has 0 atom stereocenters. The van der Waals surface area contributed by atoms with Gasteiger partial charge in [-0.2, -0.15) is 5.26 Å². The standard InChI is InChI=1S/C8H2F3NO4S/c9-5-3(1-12)4(2-13)6(10)8(7(5)11)17-16-15-14/h2,14H. The first-order valence-corrected chi connectivity index (χ1v) is 4.53. The summed E-state index contributed by atoms with van der Waals surface area (Å²) in [5.74, 6) is -4.91. The van der Waals surface area contributed by atoms with Crippen LogP contribution in [0.2, 0.25) is 0 Å². The minimum Gasteiger partial charge on any atom is -0.298 e. The molecule has 0 aliphatic rings. The summed E-state index contributed by atoms with van der Waals surface area (Å²) in [7, 11) is 0. The van der Waals surface area contributed by atoms with Gasteiger partial charge in [-0.3, -0.25) is 4.79 Å². The second-order valence-electron chi connectivity index (χ2n) is 2.52. The van der Waals surface area contributed by atoms with Crippen LogP contribution in [0, 0.1) is 28.8 Å². The molecule has 0 spiro atoms. The fraction of sp³-hybridized carbons (Fsp3) is 0. The highest BCUT2D eigenvalue weighted by Crippen LogP contribution is 2.31. The summed E-state index contributed by atoms with van der Waals surface area (Å²) in [6.45, 7) is 0. The summed E-state index contributed by atoms with van der Waals surface area (Å²) < 4.78 is 43.6. The van der Waals surface area contributed by atoms with Gasteiger partial charge in [-0.05, 0) is 0 Å². The summed E-state index contributed by atoms with van der Waals surface area (Å²) in [6.07, 6.45) is -0.139. The molecule has 0 aliphatic heterocycles. The van der Waals surface area contributed by atoms with Crippen molar-refractivity contribution in [2.75, 3.05) is 0 Å². The third-order valence-electron chi connectivity index (χ3n) is 1.69. The molecule has 9 heteroatoms. The van der Waals surface area contributed by atoms with Gasteiger partial charge in [-0.1, -0.05) is 5.04 Å². The molecule has 0 saturated carbocycles. The van der Waals surface area contributed by atoms with E-state index in [0.717, 1.165) is 6.07 Å². The molecule has 1 N–H and O–H groups in total. The Morgan fingerprint density at radius 3 is 2.41 bits per heavy atom. The molecule has 0 amide bonds. The van der Waals surface area contributed by atoms with Crippen LogP contribution in [0.25, 0.3) is 0 Å². The number of carbonyl (C=O) groups excluding carboxylic acids is 1. The maximum atomic E-state index is 13.5. The Kier molecular flexibility index (Phi) is 4.47. The van der Waals surface area contributed by atoms with Crippen LogP contribution in [0.5, 0.6) is 0 Å². The second kappa shape index (κ2) is 5.65. The number of nitriles is 1. The van der Waals surface area contributed by atoms with Crippen molar-refractivity contribution in [3.05, 3.63) is 28.6 Å². The predicted molar refractivity (Wildman–Crippen MR) is 47.1 cm³/mol. The van der Waals surface area contributed by atoms with E-state index < -0.39 is 33.5 Å². The van der Waals surface area contributed by atoms with Crippen LogP contribution < -0.4 is 0 Å². The van der Waals surface area contributed by atoms with Gasteiger partial charge in [0.1, 0.15) is 16.5 Å². The number of halogens is 3. The monoisotopic (exact) mass is 265 g/mol. The molecular formula is C8H2F3NO4S. The number of hydrogen-bond acceptors (Lipinski definition) is 6. The fourth-order valence-electron chi connectivity index (χ4n) is 0.998. The zero-order valence-corrected chi connectivity index (χ0v) is 8.56. The zero-order chi connectivity index (χ0) is 13.0. The quantitative estimate of drug-likeness (QED) is 0.295. The highest BCUT2D eigenvalue weighted by Gasteiger charge is 2.25. The molecule has 1 aromatic carbocycles. The van der Waals surface area contributed by atoms with Crippen LogP contribution >= 0.6 is 12.0 Å². The van der Waals surface area contributed by atoms with E-state index in [1.54, 1.807) is 0 Å². The third kappa shape index (κ3) is 2.40. The van der Waals surface area contributed by atoms with E-state index >= 15 is 0 Å². The van der Waals surface area contributed by atoms with E-state index in [2.05, 4.69) is 9.37 Å². The molecule has 0 unspecified atom stereocenters. The lowest BCUT2D eigenvalue weighted by Gasteiger charge is -2.07. The van der Waals surface area contributed by atoms with Gasteiger partial charge >= 0.3 is 0 Å². The molecule has 0 aliphatic carbocycles. The molecule has 0 heterocycles. The normalized spacial score (nSPS) is 10.1. The lowest BCUT2D eigenvalue weighted by Crippen LogP contribution is -2.04. The van der Waals surface area contributed by atoms with E-state index in [1.165, 1.54) is 0 Å². The van der Waals surface area contributed by atoms with Gasteiger partial charge in [0.15, 0.2) is 23.7 Å². The topological polar surface area (TPSA) is 79.6 Å². The Labute approximate surface area is 96.4 Å². The summed E-state index contributed by atoms with van der Waals surface area (Å²) in [6, 6.07) is 1.16. The van der Waals surface area contributed by atoms with Crippen molar-refractivity contribution in [3.8, 4) is 6.07 Å². The maximum Gasteiger partial charge on any atom is 0.179 e. The van der Waals surface area contributed by atoms with Crippen LogP contribution in [0.1, 0.15) is 15.9 Å². The first kappa shape index (κ1) is 13.5. The van der Waals surface area contributed by atoms with Crippen molar-refractivity contribution in [3.63, 3.8) is 0 Å². The van der Waals surface area contributed by atoms with Gasteiger partial charge in [-0.25, -0.2) is 18.4 Å². The second-order valence-corrected chi connectivity index (χ2v) is 3.23. The summed E-state index contributed by atoms with van der Waals surface area (Å²) in [5.41, 5.74) is -2.00. The maximum absolute atomic E-state index is 13.5. The molecule has 0 bridgehead atoms. The smallest absolute Gasteiger partial charge is 0.179 e. The van der Waals surface area contributed by atoms with Crippen LogP contribution in [0.4, 0.5) is 13.2 Å². The van der Waals surface area contributed by atoms with Crippen molar-refractivity contribution in [2.45, 2.75) is 4.90 Å². The average molecular weight is 265 g/mol. The van der Waals surface area contributed by atoms with Gasteiger partial charge in [0, 0.05) is 0 Å². The van der Waals surface area contributed by atoms with E-state index in [4.69, 9.17) is 10.5 Å². The highest BCUT2D eigenvalue weighted by atomic mass is 32.2. The highest BCUT2D eigenvalue weighted by molar-refractivity contribution is 7.94. The Hall–Kier alpha value is -1.60. The lowest BCUT2D eigenvalue weighted by molar-refractivity contribution is -0.432. The van der Waals surface area contributed by atoms with Gasteiger partial charge in [-0.15, -0.1) is 4.33 Å². The Morgan fingerprint density at radius 1 is 1.29 bits per heavy atom. The first-order valence-electron chi connectivity index (χ1n) is 3.78. The van der Waals surface area contributed by atoms with Crippen LogP contribution in [-0.4, -0.2) is 11.5 Å². The largest absolute Gasteiger partial charge is 0.298 e. The Bertz CT molecular complexity index is 503. The molecule has 17 heavy (non-hydrogen) atoms. The molecule has 0 fully saturated rings. The third-order valence-corrected chi connectivity index (χ3v) is 2.35. The number of hydrogen-bond donors (Lipinski definition) is 1. The summed E-state index contributed by atoms with van der Waals surface area (Å²) >= 11 is -0.194. The van der Waals surface area contributed by atoms with E-state index in [0.29, 0.717) is 0 Å². The van der Waals surface area contributed by atoms with E-state index in [-0.39, 0.29) is 18.3 Å². The number of rotatable bonds is 4. The molecule has 5 nitrogen and oxygen atoms in total. The average Bonchev–Trinajstić information content (AvgIpc) is 2.33. The zero-order valence-electron chi connectivity index (χ0n) is 7.74. The minimum absolute atomic E-state index is 0.139. The predicted octanol–water partition coefficient (Wildman–Crippen LogP) is 2.22. The van der Waals surface area contributed by atoms with Crippen molar-refractivity contribution >= 4 is 18.3 Å². The minimum atomic E-state index is -1.73. The van der Waals surface area contributed by atoms with Crippen LogP contribution in [-0.2, 0) is 9.37 Å². The van der Waals surface area contributed by atoms with Crippen molar-refractivity contribution < 1.29 is 32.6 Å². The van der Waals surface area contributed by atoms with Gasteiger partial charge in [0.25, 0.3) is 0 Å². The summed E-state index contributed by atoms with van der Waals surface area (Å²) in [4.78, 5) is 9.43. The van der Waals surface area contributed by atoms with E-state index in [1.807, 2.05) is 0 Å². The molecule has 1 aromatic rings. The summed E-state index contributed by atoms with van der Waals surface area (Å²) in [5, 5.41) is 19.3. The molecule has 1 rings (SSSR count). The number of nitrogens with zero attached hydrogens (tertiary/aromatic N) is 1. The van der Waals surface area contributed by atoms with Crippen molar-refractivity contribution in [1.29, 1.82) is 5.26 Å². The van der Waals surface area contributed by atoms with Crippen molar-refractivity contribution in [2.24, 2.45) is 0 Å². The number of aldehydes is 1. The Balaban J connectivity index is 3.48. The van der Waals surface area contributed by atoms with Crippen molar-refractivity contribution in [1.82, 2.24) is 0 Å². The van der Waals surface area contributed by atoms with Gasteiger partial charge in [0.05, 0.1) is 17.6 Å². The van der Waals surface area contributed by atoms with Crippen LogP contribution in [0.15, 0.2) is 4.90 Å².